The molecule has 0 fully saturated rings. The van der Waals surface area contributed by atoms with E-state index in [2.05, 4.69) is 5.32 Å². The zero-order chi connectivity index (χ0) is 14.1. The summed E-state index contributed by atoms with van der Waals surface area (Å²) in [7, 11) is 0. The summed E-state index contributed by atoms with van der Waals surface area (Å²) >= 11 is 0. The van der Waals surface area contributed by atoms with Gasteiger partial charge in [-0.2, -0.15) is 0 Å². The lowest BCUT2D eigenvalue weighted by Crippen LogP contribution is -2.01. The topological polar surface area (TPSA) is 62.5 Å². The molecule has 2 aromatic carbocycles. The third kappa shape index (κ3) is 2.23. The maximum absolute atomic E-state index is 11.6. The molecule has 0 unspecified atom stereocenters. The van der Waals surface area contributed by atoms with Crippen molar-refractivity contribution >= 4 is 22.3 Å². The van der Waals surface area contributed by atoms with E-state index in [4.69, 9.17) is 4.42 Å². The van der Waals surface area contributed by atoms with Crippen LogP contribution >= 0.6 is 0 Å². The second kappa shape index (κ2) is 4.74. The van der Waals surface area contributed by atoms with Gasteiger partial charge in [0.1, 0.15) is 11.3 Å². The monoisotopic (exact) mass is 267 g/mol. The van der Waals surface area contributed by atoms with Gasteiger partial charge in [0.15, 0.2) is 0 Å². The van der Waals surface area contributed by atoms with Crippen molar-refractivity contribution < 1.29 is 9.52 Å². The van der Waals surface area contributed by atoms with Gasteiger partial charge in [0, 0.05) is 23.2 Å². The lowest BCUT2D eigenvalue weighted by atomic mass is 10.1. The fraction of sp³-hybridized carbons (Fsp3) is 0.0625. The number of aromatic hydroxyl groups is 1. The third-order valence-electron chi connectivity index (χ3n) is 3.14. The lowest BCUT2D eigenvalue weighted by Gasteiger charge is -2.11. The van der Waals surface area contributed by atoms with Gasteiger partial charge >= 0.3 is 5.63 Å². The fourth-order valence-electron chi connectivity index (χ4n) is 2.10. The highest BCUT2D eigenvalue weighted by molar-refractivity contribution is 5.91. The molecular weight excluding hydrogens is 254 g/mol. The second-order valence-corrected chi connectivity index (χ2v) is 4.60. The van der Waals surface area contributed by atoms with E-state index in [1.807, 2.05) is 31.2 Å². The molecular formula is C16H13NO3. The van der Waals surface area contributed by atoms with Crippen LogP contribution in [0, 0.1) is 6.92 Å². The molecule has 1 heterocycles. The van der Waals surface area contributed by atoms with E-state index in [0.29, 0.717) is 11.3 Å². The summed E-state index contributed by atoms with van der Waals surface area (Å²) in [5.74, 6) is 0.172. The first-order chi connectivity index (χ1) is 9.63. The van der Waals surface area contributed by atoms with Crippen LogP contribution in [0.1, 0.15) is 5.56 Å². The van der Waals surface area contributed by atoms with Gasteiger partial charge in [-0.15, -0.1) is 0 Å². The van der Waals surface area contributed by atoms with Crippen LogP contribution in [0.5, 0.6) is 5.75 Å². The molecule has 20 heavy (non-hydrogen) atoms. The zero-order valence-electron chi connectivity index (χ0n) is 10.9. The Balaban J connectivity index is 2.15. The molecule has 0 bridgehead atoms. The molecule has 4 nitrogen and oxygen atoms in total. The van der Waals surface area contributed by atoms with Crippen molar-refractivity contribution in [1.82, 2.24) is 0 Å². The Kier molecular flexibility index (Phi) is 2.91. The highest BCUT2D eigenvalue weighted by atomic mass is 16.4. The van der Waals surface area contributed by atoms with Crippen molar-refractivity contribution in [2.75, 3.05) is 5.32 Å². The van der Waals surface area contributed by atoms with Gasteiger partial charge in [-0.25, -0.2) is 4.79 Å². The minimum atomic E-state index is -0.413. The smallest absolute Gasteiger partial charge is 0.338 e. The lowest BCUT2D eigenvalue weighted by molar-refractivity contribution is 0.475. The molecule has 4 heteroatoms. The second-order valence-electron chi connectivity index (χ2n) is 4.60. The van der Waals surface area contributed by atoms with Crippen molar-refractivity contribution in [3.8, 4) is 5.75 Å². The van der Waals surface area contributed by atoms with Crippen molar-refractivity contribution in [1.29, 1.82) is 0 Å². The van der Waals surface area contributed by atoms with Crippen LogP contribution in [-0.4, -0.2) is 5.11 Å². The molecule has 0 aliphatic rings. The third-order valence-corrected chi connectivity index (χ3v) is 3.14. The molecule has 0 saturated carbocycles. The van der Waals surface area contributed by atoms with E-state index in [-0.39, 0.29) is 5.75 Å². The standard InChI is InChI=1S/C16H13NO3/c1-10-6-7-11(18)8-13(10)17-14-9-16(19)20-15-5-3-2-4-12(14)15/h2-9,17-18H,1H3. The molecule has 0 radical (unpaired) electrons. The number of para-hydroxylation sites is 1. The molecule has 0 aliphatic heterocycles. The number of hydrogen-bond acceptors (Lipinski definition) is 4. The molecule has 1 aromatic heterocycles. The summed E-state index contributed by atoms with van der Waals surface area (Å²) < 4.78 is 5.15. The van der Waals surface area contributed by atoms with E-state index in [1.54, 1.807) is 18.2 Å². The number of aryl methyl sites for hydroxylation is 1. The maximum atomic E-state index is 11.6. The van der Waals surface area contributed by atoms with Gasteiger partial charge in [0.25, 0.3) is 0 Å². The van der Waals surface area contributed by atoms with Crippen molar-refractivity contribution in [2.24, 2.45) is 0 Å². The van der Waals surface area contributed by atoms with Crippen LogP contribution in [0.15, 0.2) is 57.7 Å². The van der Waals surface area contributed by atoms with Crippen LogP contribution in [-0.2, 0) is 0 Å². The molecule has 0 spiro atoms. The van der Waals surface area contributed by atoms with E-state index < -0.39 is 5.63 Å². The van der Waals surface area contributed by atoms with Crippen LogP contribution in [0.4, 0.5) is 11.4 Å². The summed E-state index contributed by atoms with van der Waals surface area (Å²) in [6.45, 7) is 1.93. The Morgan fingerprint density at radius 1 is 1.05 bits per heavy atom. The number of hydrogen-bond donors (Lipinski definition) is 2. The van der Waals surface area contributed by atoms with Gasteiger partial charge < -0.3 is 14.8 Å². The first-order valence-corrected chi connectivity index (χ1v) is 6.23. The zero-order valence-corrected chi connectivity index (χ0v) is 10.9. The van der Waals surface area contributed by atoms with Gasteiger partial charge in [0.05, 0.1) is 5.69 Å². The minimum absolute atomic E-state index is 0.172. The first-order valence-electron chi connectivity index (χ1n) is 6.23. The Hall–Kier alpha value is -2.75. The summed E-state index contributed by atoms with van der Waals surface area (Å²) in [4.78, 5) is 11.6. The minimum Gasteiger partial charge on any atom is -0.508 e. The van der Waals surface area contributed by atoms with Crippen LogP contribution in [0.25, 0.3) is 11.0 Å². The maximum Gasteiger partial charge on any atom is 0.338 e. The number of anilines is 2. The Morgan fingerprint density at radius 3 is 2.70 bits per heavy atom. The Labute approximate surface area is 115 Å². The van der Waals surface area contributed by atoms with Gasteiger partial charge in [0.2, 0.25) is 0 Å². The predicted molar refractivity (Wildman–Crippen MR) is 78.6 cm³/mol. The van der Waals surface area contributed by atoms with E-state index in [9.17, 15) is 9.90 Å². The molecule has 100 valence electrons. The molecule has 0 saturated heterocycles. The number of rotatable bonds is 2. The number of benzene rings is 2. The van der Waals surface area contributed by atoms with Crippen LogP contribution < -0.4 is 10.9 Å². The van der Waals surface area contributed by atoms with Crippen LogP contribution in [0.3, 0.4) is 0 Å². The number of nitrogens with one attached hydrogen (secondary N) is 1. The first kappa shape index (κ1) is 12.3. The fourth-order valence-corrected chi connectivity index (χ4v) is 2.10. The Bertz CT molecular complexity index is 836. The van der Waals surface area contributed by atoms with Gasteiger partial charge in [-0.1, -0.05) is 18.2 Å². The quantitative estimate of drug-likeness (QED) is 0.697. The normalized spacial score (nSPS) is 10.7. The predicted octanol–water partition coefficient (Wildman–Crippen LogP) is 3.55. The number of phenols is 1. The summed E-state index contributed by atoms with van der Waals surface area (Å²) in [5.41, 5.74) is 2.50. The Morgan fingerprint density at radius 2 is 1.85 bits per heavy atom. The van der Waals surface area contributed by atoms with E-state index >= 15 is 0 Å². The van der Waals surface area contributed by atoms with Crippen molar-refractivity contribution in [3.05, 3.63) is 64.5 Å². The molecule has 0 atom stereocenters. The molecule has 3 aromatic rings. The highest BCUT2D eigenvalue weighted by Crippen LogP contribution is 2.28. The average Bonchev–Trinajstić information content (AvgIpc) is 2.43. The molecule has 2 N–H and O–H groups in total. The van der Waals surface area contributed by atoms with Crippen molar-refractivity contribution in [3.63, 3.8) is 0 Å². The molecule has 0 aliphatic carbocycles. The number of phenolic OH excluding ortho intramolecular Hbond substituents is 1. The summed E-state index contributed by atoms with van der Waals surface area (Å²) in [6, 6.07) is 13.8. The van der Waals surface area contributed by atoms with Gasteiger partial charge in [-0.3, -0.25) is 0 Å². The largest absolute Gasteiger partial charge is 0.508 e. The summed E-state index contributed by atoms with van der Waals surface area (Å²) in [6.07, 6.45) is 0. The highest BCUT2D eigenvalue weighted by Gasteiger charge is 2.07. The molecule has 3 rings (SSSR count). The summed E-state index contributed by atoms with van der Waals surface area (Å²) in [5, 5.41) is 13.6. The SMILES string of the molecule is Cc1ccc(O)cc1Nc1cc(=O)oc2ccccc12. The van der Waals surface area contributed by atoms with E-state index in [0.717, 1.165) is 16.6 Å². The van der Waals surface area contributed by atoms with E-state index in [1.165, 1.54) is 6.07 Å². The van der Waals surface area contributed by atoms with Gasteiger partial charge in [-0.05, 0) is 30.7 Å². The average molecular weight is 267 g/mol. The molecule has 0 amide bonds. The van der Waals surface area contributed by atoms with Crippen molar-refractivity contribution in [2.45, 2.75) is 6.92 Å². The van der Waals surface area contributed by atoms with Crippen LogP contribution in [0.2, 0.25) is 0 Å². The number of fused-ring (bicyclic) bond motifs is 1.